The van der Waals surface area contributed by atoms with Crippen molar-refractivity contribution >= 4 is 16.8 Å². The van der Waals surface area contributed by atoms with Gasteiger partial charge >= 0.3 is 6.01 Å². The smallest absolute Gasteiger partial charge is 0.315 e. The third-order valence-corrected chi connectivity index (χ3v) is 2.87. The van der Waals surface area contributed by atoms with Crippen LogP contribution in [0.4, 0.5) is 6.01 Å². The fourth-order valence-corrected chi connectivity index (χ4v) is 1.44. The predicted molar refractivity (Wildman–Crippen MR) is 54.2 cm³/mol. The summed E-state index contributed by atoms with van der Waals surface area (Å²) in [5, 5.41) is 10.3. The van der Waals surface area contributed by atoms with E-state index in [1.165, 1.54) is 0 Å². The molecule has 0 aliphatic rings. The molecule has 80 valence electrons. The number of anilines is 1. The lowest BCUT2D eigenvalue weighted by Gasteiger charge is -1.99. The highest BCUT2D eigenvalue weighted by Gasteiger charge is 2.03. The van der Waals surface area contributed by atoms with Gasteiger partial charge in [0.2, 0.25) is 5.89 Å². The molecule has 1 aromatic heterocycles. The maximum atomic E-state index is 11.0. The summed E-state index contributed by atoms with van der Waals surface area (Å²) in [5.41, 5.74) is 5.29. The second-order valence-electron chi connectivity index (χ2n) is 2.56. The molecule has 0 fully saturated rings. The Hall–Kier alpha value is -0.950. The molecule has 14 heavy (non-hydrogen) atoms. The summed E-state index contributed by atoms with van der Waals surface area (Å²) in [6, 6.07) is 0.332. The molecule has 3 N–H and O–H groups in total. The fourth-order valence-electron chi connectivity index (χ4n) is 0.824. The molecule has 1 aromatic rings. The molecule has 0 aliphatic heterocycles. The molecule has 1 rings (SSSR count). The Labute approximate surface area is 84.7 Å². The lowest BCUT2D eigenvalue weighted by Crippen LogP contribution is -2.12. The second kappa shape index (κ2) is 5.71. The Morgan fingerprint density at radius 3 is 2.93 bits per heavy atom. The summed E-state index contributed by atoms with van der Waals surface area (Å²) in [4.78, 5) is 0. The molecule has 0 aliphatic carbocycles. The van der Waals surface area contributed by atoms with E-state index in [1.807, 2.05) is 6.92 Å². The largest absolute Gasteiger partial charge is 0.407 e. The van der Waals surface area contributed by atoms with Gasteiger partial charge in [-0.25, -0.2) is 0 Å². The average Bonchev–Trinajstić information content (AvgIpc) is 2.65. The van der Waals surface area contributed by atoms with E-state index in [0.717, 1.165) is 0 Å². The number of nitrogens with one attached hydrogen (secondary N) is 1. The molecular weight excluding hydrogens is 204 g/mol. The third-order valence-electron chi connectivity index (χ3n) is 1.57. The Balaban J connectivity index is 2.27. The number of hydrogen-bond donors (Lipinski definition) is 2. The van der Waals surface area contributed by atoms with E-state index in [4.69, 9.17) is 10.2 Å². The van der Waals surface area contributed by atoms with Crippen LogP contribution in [0.1, 0.15) is 12.8 Å². The highest BCUT2D eigenvalue weighted by atomic mass is 32.2. The van der Waals surface area contributed by atoms with Gasteiger partial charge in [0.25, 0.3) is 0 Å². The van der Waals surface area contributed by atoms with Crippen molar-refractivity contribution in [2.24, 2.45) is 5.73 Å². The van der Waals surface area contributed by atoms with Gasteiger partial charge in [0.1, 0.15) is 0 Å². The van der Waals surface area contributed by atoms with E-state index in [1.54, 1.807) is 0 Å². The second-order valence-corrected chi connectivity index (χ2v) is 4.43. The van der Waals surface area contributed by atoms with Crippen LogP contribution in [0.5, 0.6) is 0 Å². The molecule has 0 radical (unpaired) electrons. The van der Waals surface area contributed by atoms with Crippen molar-refractivity contribution in [1.29, 1.82) is 0 Å². The van der Waals surface area contributed by atoms with Gasteiger partial charge in [-0.05, 0) is 0 Å². The van der Waals surface area contributed by atoms with Gasteiger partial charge in [0, 0.05) is 28.9 Å². The van der Waals surface area contributed by atoms with E-state index in [9.17, 15) is 4.21 Å². The minimum absolute atomic E-state index is 0.232. The molecule has 1 unspecified atom stereocenters. The summed E-state index contributed by atoms with van der Waals surface area (Å²) in [6.45, 7) is 2.68. The Bertz CT molecular complexity index is 302. The zero-order valence-electron chi connectivity index (χ0n) is 8.02. The topological polar surface area (TPSA) is 94.0 Å². The highest BCUT2D eigenvalue weighted by molar-refractivity contribution is 7.84. The van der Waals surface area contributed by atoms with Crippen LogP contribution in [-0.4, -0.2) is 32.5 Å². The summed E-state index contributed by atoms with van der Waals surface area (Å²) in [7, 11) is -0.773. The third kappa shape index (κ3) is 3.43. The minimum atomic E-state index is -0.773. The average molecular weight is 218 g/mol. The summed E-state index contributed by atoms with van der Waals surface area (Å²) in [6.07, 6.45) is 0. The van der Waals surface area contributed by atoms with Crippen LogP contribution >= 0.6 is 0 Å². The SMILES string of the molecule is CCS(=O)CCNc1nnc(CN)o1. The zero-order chi connectivity index (χ0) is 10.4. The van der Waals surface area contributed by atoms with Crippen molar-refractivity contribution < 1.29 is 8.63 Å². The van der Waals surface area contributed by atoms with E-state index in [0.29, 0.717) is 30.0 Å². The minimum Gasteiger partial charge on any atom is -0.407 e. The lowest BCUT2D eigenvalue weighted by molar-refractivity contribution is 0.508. The van der Waals surface area contributed by atoms with Crippen LogP contribution in [-0.2, 0) is 17.3 Å². The van der Waals surface area contributed by atoms with Gasteiger partial charge in [0.05, 0.1) is 6.54 Å². The van der Waals surface area contributed by atoms with Crippen molar-refractivity contribution in [3.05, 3.63) is 5.89 Å². The fraction of sp³-hybridized carbons (Fsp3) is 0.714. The van der Waals surface area contributed by atoms with Gasteiger partial charge in [-0.1, -0.05) is 12.0 Å². The van der Waals surface area contributed by atoms with Crippen molar-refractivity contribution in [3.63, 3.8) is 0 Å². The molecule has 0 saturated heterocycles. The van der Waals surface area contributed by atoms with Crippen molar-refractivity contribution in [2.45, 2.75) is 13.5 Å². The predicted octanol–water partition coefficient (Wildman–Crippen LogP) is -0.291. The van der Waals surface area contributed by atoms with E-state index >= 15 is 0 Å². The van der Waals surface area contributed by atoms with Gasteiger partial charge in [-0.15, -0.1) is 5.10 Å². The molecule has 7 heteroatoms. The van der Waals surface area contributed by atoms with Gasteiger partial charge in [-0.3, -0.25) is 4.21 Å². The standard InChI is InChI=1S/C7H14N4O2S/c1-2-14(12)4-3-9-7-11-10-6(5-8)13-7/h2-5,8H2,1H3,(H,9,11). The Kier molecular flexibility index (Phi) is 4.54. The first-order valence-electron chi connectivity index (χ1n) is 4.37. The summed E-state index contributed by atoms with van der Waals surface area (Å²) in [5.74, 6) is 1.64. The monoisotopic (exact) mass is 218 g/mol. The molecule has 0 bridgehead atoms. The van der Waals surface area contributed by atoms with Gasteiger partial charge in [0.15, 0.2) is 0 Å². The van der Waals surface area contributed by atoms with Crippen LogP contribution in [0.15, 0.2) is 4.42 Å². The normalized spacial score (nSPS) is 12.7. The van der Waals surface area contributed by atoms with Crippen LogP contribution in [0.25, 0.3) is 0 Å². The quantitative estimate of drug-likeness (QED) is 0.681. The van der Waals surface area contributed by atoms with Crippen LogP contribution in [0, 0.1) is 0 Å². The van der Waals surface area contributed by atoms with Crippen molar-refractivity contribution in [3.8, 4) is 0 Å². The van der Waals surface area contributed by atoms with Crippen molar-refractivity contribution in [2.75, 3.05) is 23.4 Å². The number of nitrogens with two attached hydrogens (primary N) is 1. The number of hydrogen-bond acceptors (Lipinski definition) is 6. The van der Waals surface area contributed by atoms with E-state index in [-0.39, 0.29) is 6.54 Å². The zero-order valence-corrected chi connectivity index (χ0v) is 8.84. The summed E-state index contributed by atoms with van der Waals surface area (Å²) >= 11 is 0. The van der Waals surface area contributed by atoms with Crippen LogP contribution in [0.2, 0.25) is 0 Å². The molecule has 0 spiro atoms. The first-order valence-corrected chi connectivity index (χ1v) is 5.86. The number of rotatable bonds is 6. The van der Waals surface area contributed by atoms with Gasteiger partial charge in [-0.2, -0.15) is 0 Å². The molecule has 6 nitrogen and oxygen atoms in total. The van der Waals surface area contributed by atoms with Crippen molar-refractivity contribution in [1.82, 2.24) is 10.2 Å². The maximum absolute atomic E-state index is 11.0. The molecule has 0 aromatic carbocycles. The number of aromatic nitrogens is 2. The Morgan fingerprint density at radius 2 is 2.36 bits per heavy atom. The van der Waals surface area contributed by atoms with E-state index in [2.05, 4.69) is 15.5 Å². The maximum Gasteiger partial charge on any atom is 0.315 e. The Morgan fingerprint density at radius 1 is 1.57 bits per heavy atom. The molecule has 1 heterocycles. The van der Waals surface area contributed by atoms with E-state index < -0.39 is 10.8 Å². The lowest BCUT2D eigenvalue weighted by atomic mass is 10.7. The molecule has 0 amide bonds. The first kappa shape index (κ1) is 11.1. The highest BCUT2D eigenvalue weighted by Crippen LogP contribution is 2.03. The molecular formula is C7H14N4O2S. The molecule has 1 atom stereocenters. The summed E-state index contributed by atoms with van der Waals surface area (Å²) < 4.78 is 16.1. The first-order chi connectivity index (χ1) is 6.76. The number of nitrogens with zero attached hydrogens (tertiary/aromatic N) is 2. The van der Waals surface area contributed by atoms with Gasteiger partial charge < -0.3 is 15.5 Å². The van der Waals surface area contributed by atoms with Crippen LogP contribution < -0.4 is 11.1 Å². The van der Waals surface area contributed by atoms with Crippen LogP contribution in [0.3, 0.4) is 0 Å². The molecule has 0 saturated carbocycles.